The van der Waals surface area contributed by atoms with Crippen LogP contribution >= 0.6 is 11.6 Å². The van der Waals surface area contributed by atoms with Crippen LogP contribution in [-0.4, -0.2) is 30.0 Å². The molecule has 0 aromatic carbocycles. The molecule has 0 spiro atoms. The van der Waals surface area contributed by atoms with Gasteiger partial charge in [-0.25, -0.2) is 0 Å². The van der Waals surface area contributed by atoms with E-state index in [-0.39, 0.29) is 12.8 Å². The molecule has 0 fully saturated rings. The fraction of sp³-hybridized carbons (Fsp3) is 0.625. The number of halogens is 1. The van der Waals surface area contributed by atoms with Crippen LogP contribution in [0.2, 0.25) is 0 Å². The first-order valence-corrected chi connectivity index (χ1v) is 4.39. The van der Waals surface area contributed by atoms with E-state index in [9.17, 15) is 4.79 Å². The second-order valence-electron chi connectivity index (χ2n) is 2.29. The molecule has 0 aliphatic rings. The number of nitrogens with one attached hydrogen (secondary N) is 1. The Morgan fingerprint density at radius 1 is 1.50 bits per heavy atom. The van der Waals surface area contributed by atoms with Crippen LogP contribution in [0, 0.1) is 0 Å². The summed E-state index contributed by atoms with van der Waals surface area (Å²) < 4.78 is 0. The van der Waals surface area contributed by atoms with E-state index in [4.69, 9.17) is 16.7 Å². The van der Waals surface area contributed by atoms with Crippen molar-refractivity contribution in [2.24, 2.45) is 0 Å². The van der Waals surface area contributed by atoms with Gasteiger partial charge in [-0.3, -0.25) is 5.32 Å². The maximum Gasteiger partial charge on any atom is 0.137 e. The number of aliphatic hydroxyl groups excluding tert-OH is 1. The van der Waals surface area contributed by atoms with Crippen LogP contribution in [0.1, 0.15) is 12.8 Å². The Labute approximate surface area is 77.4 Å². The van der Waals surface area contributed by atoms with Gasteiger partial charge in [0.15, 0.2) is 0 Å². The molecule has 3 nitrogen and oxygen atoms in total. The molecule has 0 heterocycles. The van der Waals surface area contributed by atoms with E-state index in [2.05, 4.69) is 5.32 Å². The molecule has 0 aliphatic heterocycles. The zero-order valence-electron chi connectivity index (χ0n) is 6.87. The van der Waals surface area contributed by atoms with Gasteiger partial charge in [-0.05, 0) is 12.8 Å². The molecule has 0 aromatic rings. The minimum Gasteiger partial charge on any atom is -0.381 e. The molecule has 0 aromatic heterocycles. The number of hydrogen-bond donors (Lipinski definition) is 2. The molecule has 4 heteroatoms. The van der Waals surface area contributed by atoms with Crippen molar-refractivity contribution in [2.45, 2.75) is 18.9 Å². The molecule has 1 atom stereocenters. The Balaban J connectivity index is 3.49. The third-order valence-corrected chi connectivity index (χ3v) is 1.57. The number of alkyl halides is 1. The highest BCUT2D eigenvalue weighted by Crippen LogP contribution is 1.93. The Bertz CT molecular complexity index is 139. The molecule has 70 valence electrons. The number of carbonyl (C=O) groups excluding carboxylic acids is 1. The zero-order chi connectivity index (χ0) is 9.23. The largest absolute Gasteiger partial charge is 0.381 e. The fourth-order valence-electron chi connectivity index (χ4n) is 0.728. The molecular formula is C8H14ClNO2. The average molecular weight is 192 g/mol. The normalized spacial score (nSPS) is 13.5. The molecule has 0 saturated carbocycles. The minimum atomic E-state index is -0.290. The van der Waals surface area contributed by atoms with Gasteiger partial charge in [0.05, 0.1) is 12.8 Å². The van der Waals surface area contributed by atoms with Crippen LogP contribution < -0.4 is 5.32 Å². The third-order valence-electron chi connectivity index (χ3n) is 1.35. The SMILES string of the molecule is O=C[C@H](C/C=C/CCCl)NCO. The van der Waals surface area contributed by atoms with Crippen LogP contribution in [0.15, 0.2) is 12.2 Å². The van der Waals surface area contributed by atoms with Crippen LogP contribution in [0.5, 0.6) is 0 Å². The van der Waals surface area contributed by atoms with E-state index in [1.807, 2.05) is 12.2 Å². The molecule has 0 unspecified atom stereocenters. The molecule has 0 radical (unpaired) electrons. The monoisotopic (exact) mass is 191 g/mol. The second kappa shape index (κ2) is 8.71. The van der Waals surface area contributed by atoms with Gasteiger partial charge in [-0.15, -0.1) is 11.6 Å². The van der Waals surface area contributed by atoms with Gasteiger partial charge >= 0.3 is 0 Å². The van der Waals surface area contributed by atoms with E-state index >= 15 is 0 Å². The number of aliphatic hydroxyl groups is 1. The number of aldehydes is 1. The van der Waals surface area contributed by atoms with Crippen LogP contribution in [0.4, 0.5) is 0 Å². The summed E-state index contributed by atoms with van der Waals surface area (Å²) in [5.74, 6) is 0.593. The first-order valence-electron chi connectivity index (χ1n) is 3.85. The Hall–Kier alpha value is -0.380. The van der Waals surface area contributed by atoms with Gasteiger partial charge in [0.2, 0.25) is 0 Å². The van der Waals surface area contributed by atoms with Crippen molar-refractivity contribution in [3.8, 4) is 0 Å². The van der Waals surface area contributed by atoms with Crippen molar-refractivity contribution in [3.63, 3.8) is 0 Å². The highest BCUT2D eigenvalue weighted by atomic mass is 35.5. The van der Waals surface area contributed by atoms with Gasteiger partial charge in [0.25, 0.3) is 0 Å². The number of allylic oxidation sites excluding steroid dienone is 1. The lowest BCUT2D eigenvalue weighted by atomic mass is 10.2. The van der Waals surface area contributed by atoms with Crippen molar-refractivity contribution in [1.82, 2.24) is 5.32 Å². The average Bonchev–Trinajstić information content (AvgIpc) is 2.10. The third kappa shape index (κ3) is 6.34. The van der Waals surface area contributed by atoms with E-state index < -0.39 is 0 Å². The van der Waals surface area contributed by atoms with E-state index in [0.29, 0.717) is 12.3 Å². The predicted octanol–water partition coefficient (Wildman–Crippen LogP) is 0.668. The van der Waals surface area contributed by atoms with Crippen molar-refractivity contribution >= 4 is 17.9 Å². The summed E-state index contributed by atoms with van der Waals surface area (Å²) in [4.78, 5) is 10.3. The van der Waals surface area contributed by atoms with Crippen LogP contribution in [0.3, 0.4) is 0 Å². The molecule has 0 rings (SSSR count). The van der Waals surface area contributed by atoms with Crippen molar-refractivity contribution in [3.05, 3.63) is 12.2 Å². The van der Waals surface area contributed by atoms with Crippen molar-refractivity contribution in [2.75, 3.05) is 12.6 Å². The van der Waals surface area contributed by atoms with E-state index in [0.717, 1.165) is 12.7 Å². The Morgan fingerprint density at radius 3 is 2.75 bits per heavy atom. The Morgan fingerprint density at radius 2 is 2.25 bits per heavy atom. The quantitative estimate of drug-likeness (QED) is 0.269. The fourth-order valence-corrected chi connectivity index (χ4v) is 0.854. The summed E-state index contributed by atoms with van der Waals surface area (Å²) in [6.07, 6.45) is 5.99. The van der Waals surface area contributed by atoms with Crippen molar-refractivity contribution < 1.29 is 9.90 Å². The zero-order valence-corrected chi connectivity index (χ0v) is 7.63. The lowest BCUT2D eigenvalue weighted by Crippen LogP contribution is -2.30. The van der Waals surface area contributed by atoms with E-state index in [1.165, 1.54) is 0 Å². The number of carbonyl (C=O) groups is 1. The molecule has 12 heavy (non-hydrogen) atoms. The standard InChI is InChI=1S/C8H14ClNO2/c9-5-3-1-2-4-8(6-11)10-7-12/h1-2,6,8,10,12H,3-5,7H2/b2-1+/t8-/m0/s1. The van der Waals surface area contributed by atoms with Crippen LogP contribution in [0.25, 0.3) is 0 Å². The number of rotatable bonds is 7. The second-order valence-corrected chi connectivity index (χ2v) is 2.67. The summed E-state index contributed by atoms with van der Waals surface area (Å²) in [5.41, 5.74) is 0. The van der Waals surface area contributed by atoms with E-state index in [1.54, 1.807) is 0 Å². The van der Waals surface area contributed by atoms with Gasteiger partial charge in [-0.1, -0.05) is 12.2 Å². The highest BCUT2D eigenvalue weighted by Gasteiger charge is 2.00. The summed E-state index contributed by atoms with van der Waals surface area (Å²) in [6.45, 7) is -0.174. The van der Waals surface area contributed by atoms with Crippen LogP contribution in [-0.2, 0) is 4.79 Å². The lowest BCUT2D eigenvalue weighted by molar-refractivity contribution is -0.109. The number of hydrogen-bond acceptors (Lipinski definition) is 3. The van der Waals surface area contributed by atoms with Gasteiger partial charge in [-0.2, -0.15) is 0 Å². The van der Waals surface area contributed by atoms with Gasteiger partial charge < -0.3 is 9.90 Å². The predicted molar refractivity (Wildman–Crippen MR) is 49.2 cm³/mol. The molecule has 0 saturated heterocycles. The lowest BCUT2D eigenvalue weighted by Gasteiger charge is -2.05. The van der Waals surface area contributed by atoms with Gasteiger partial charge in [0.1, 0.15) is 6.29 Å². The smallest absolute Gasteiger partial charge is 0.137 e. The molecule has 0 aliphatic carbocycles. The minimum absolute atomic E-state index is 0.174. The first kappa shape index (κ1) is 11.6. The van der Waals surface area contributed by atoms with Crippen molar-refractivity contribution in [1.29, 1.82) is 0 Å². The Kier molecular flexibility index (Phi) is 8.44. The first-order chi connectivity index (χ1) is 5.85. The van der Waals surface area contributed by atoms with Gasteiger partial charge in [0, 0.05) is 5.88 Å². The summed E-state index contributed by atoms with van der Waals surface area (Å²) >= 11 is 5.44. The molecule has 2 N–H and O–H groups in total. The maximum absolute atomic E-state index is 10.3. The maximum atomic E-state index is 10.3. The summed E-state index contributed by atoms with van der Waals surface area (Å²) in [7, 11) is 0. The highest BCUT2D eigenvalue weighted by molar-refractivity contribution is 6.17. The molecule has 0 amide bonds. The molecular weight excluding hydrogens is 178 g/mol. The topological polar surface area (TPSA) is 49.3 Å². The summed E-state index contributed by atoms with van der Waals surface area (Å²) in [6, 6.07) is -0.290. The summed E-state index contributed by atoms with van der Waals surface area (Å²) in [5, 5.41) is 11.1. The molecule has 0 bridgehead atoms.